The summed E-state index contributed by atoms with van der Waals surface area (Å²) in [5.74, 6) is -0.278. The minimum atomic E-state index is -0.144. The number of fused-ring (bicyclic) bond motifs is 1. The van der Waals surface area contributed by atoms with Gasteiger partial charge in [-0.1, -0.05) is 42.5 Å². The molecule has 0 aliphatic heterocycles. The van der Waals surface area contributed by atoms with Crippen molar-refractivity contribution in [3.63, 3.8) is 0 Å². The molecule has 3 N–H and O–H groups in total. The van der Waals surface area contributed by atoms with Crippen molar-refractivity contribution in [3.8, 4) is 0 Å². The van der Waals surface area contributed by atoms with Gasteiger partial charge in [-0.25, -0.2) is 0 Å². The zero-order valence-corrected chi connectivity index (χ0v) is 12.8. The van der Waals surface area contributed by atoms with Crippen LogP contribution in [0.2, 0.25) is 0 Å². The molecule has 2 aromatic rings. The summed E-state index contributed by atoms with van der Waals surface area (Å²) in [4.78, 5) is 23.0. The molecule has 0 unspecified atom stereocenters. The minimum absolute atomic E-state index is 0.0969. The summed E-state index contributed by atoms with van der Waals surface area (Å²) in [5.41, 5.74) is 1.08. The van der Waals surface area contributed by atoms with E-state index < -0.39 is 0 Å². The molecule has 2 amide bonds. The van der Waals surface area contributed by atoms with Gasteiger partial charge in [-0.15, -0.1) is 0 Å². The van der Waals surface area contributed by atoms with E-state index in [1.807, 2.05) is 31.2 Å². The number of hydrogen-bond acceptors (Lipinski definition) is 3. The number of amides is 2. The Morgan fingerprint density at radius 3 is 2.45 bits per heavy atom. The monoisotopic (exact) mass is 299 g/mol. The Morgan fingerprint density at radius 1 is 1.00 bits per heavy atom. The lowest BCUT2D eigenvalue weighted by Gasteiger charge is -2.17. The second kappa shape index (κ2) is 7.56. The van der Waals surface area contributed by atoms with Gasteiger partial charge in [0.05, 0.1) is 19.1 Å². The average Bonchev–Trinajstić information content (AvgIpc) is 2.54. The standard InChI is InChI=1S/C17H21N3O2/c1-12(20-17(22)11-19-10-16(21)18-2)14-9-5-7-13-6-3-4-8-15(13)14/h3-9,12,19H,10-11H2,1-2H3,(H,18,21)(H,20,22)/t12-/m1/s1. The van der Waals surface area contributed by atoms with Gasteiger partial charge in [-0.3, -0.25) is 14.9 Å². The molecule has 0 heterocycles. The lowest BCUT2D eigenvalue weighted by Crippen LogP contribution is -2.39. The Balaban J connectivity index is 1.97. The molecule has 22 heavy (non-hydrogen) atoms. The molecule has 5 nitrogen and oxygen atoms in total. The van der Waals surface area contributed by atoms with Crippen LogP contribution in [0.5, 0.6) is 0 Å². The maximum atomic E-state index is 11.9. The van der Waals surface area contributed by atoms with Gasteiger partial charge in [0.15, 0.2) is 0 Å². The smallest absolute Gasteiger partial charge is 0.234 e. The van der Waals surface area contributed by atoms with Crippen molar-refractivity contribution in [3.05, 3.63) is 48.0 Å². The van der Waals surface area contributed by atoms with Crippen molar-refractivity contribution in [2.24, 2.45) is 0 Å². The van der Waals surface area contributed by atoms with E-state index in [0.717, 1.165) is 16.3 Å². The zero-order chi connectivity index (χ0) is 15.9. The van der Waals surface area contributed by atoms with Gasteiger partial charge in [0, 0.05) is 7.05 Å². The van der Waals surface area contributed by atoms with E-state index in [0.29, 0.717) is 0 Å². The van der Waals surface area contributed by atoms with Crippen molar-refractivity contribution < 1.29 is 9.59 Å². The molecule has 0 bridgehead atoms. The zero-order valence-electron chi connectivity index (χ0n) is 12.8. The largest absolute Gasteiger partial charge is 0.358 e. The number of likely N-dealkylation sites (N-methyl/N-ethyl adjacent to an activating group) is 1. The van der Waals surface area contributed by atoms with Crippen LogP contribution in [0.15, 0.2) is 42.5 Å². The Morgan fingerprint density at radius 2 is 1.68 bits per heavy atom. The first kappa shape index (κ1) is 16.0. The Hall–Kier alpha value is -2.40. The van der Waals surface area contributed by atoms with E-state index >= 15 is 0 Å². The maximum absolute atomic E-state index is 11.9. The summed E-state index contributed by atoms with van der Waals surface area (Å²) in [7, 11) is 1.56. The molecular formula is C17H21N3O2. The van der Waals surface area contributed by atoms with Crippen LogP contribution in [0.25, 0.3) is 10.8 Å². The lowest BCUT2D eigenvalue weighted by atomic mass is 10.00. The predicted octanol–water partition coefficient (Wildman–Crippen LogP) is 1.35. The van der Waals surface area contributed by atoms with E-state index in [9.17, 15) is 9.59 Å². The fourth-order valence-corrected chi connectivity index (χ4v) is 2.38. The van der Waals surface area contributed by atoms with E-state index in [4.69, 9.17) is 0 Å². The Labute approximate surface area is 130 Å². The molecule has 0 aliphatic carbocycles. The van der Waals surface area contributed by atoms with Crippen LogP contribution in [0.4, 0.5) is 0 Å². The third-order valence-corrected chi connectivity index (χ3v) is 3.52. The summed E-state index contributed by atoms with van der Waals surface area (Å²) < 4.78 is 0. The summed E-state index contributed by atoms with van der Waals surface area (Å²) in [6.07, 6.45) is 0. The van der Waals surface area contributed by atoms with Crippen LogP contribution >= 0.6 is 0 Å². The van der Waals surface area contributed by atoms with E-state index in [1.165, 1.54) is 0 Å². The van der Waals surface area contributed by atoms with Crippen LogP contribution in [-0.4, -0.2) is 32.0 Å². The highest BCUT2D eigenvalue weighted by Gasteiger charge is 2.12. The van der Waals surface area contributed by atoms with Gasteiger partial charge in [-0.05, 0) is 23.3 Å². The highest BCUT2D eigenvalue weighted by atomic mass is 16.2. The fourth-order valence-electron chi connectivity index (χ4n) is 2.38. The molecule has 0 saturated carbocycles. The number of carbonyl (C=O) groups is 2. The van der Waals surface area contributed by atoms with Crippen LogP contribution < -0.4 is 16.0 Å². The number of benzene rings is 2. The fraction of sp³-hybridized carbons (Fsp3) is 0.294. The van der Waals surface area contributed by atoms with Crippen molar-refractivity contribution in [2.45, 2.75) is 13.0 Å². The second-order valence-corrected chi connectivity index (χ2v) is 5.13. The molecular weight excluding hydrogens is 278 g/mol. The maximum Gasteiger partial charge on any atom is 0.234 e. The van der Waals surface area contributed by atoms with Gasteiger partial charge < -0.3 is 10.6 Å². The molecule has 5 heteroatoms. The summed E-state index contributed by atoms with van der Waals surface area (Å²) in [5, 5.41) is 10.5. The summed E-state index contributed by atoms with van der Waals surface area (Å²) in [6.45, 7) is 2.20. The minimum Gasteiger partial charge on any atom is -0.358 e. The molecule has 0 saturated heterocycles. The normalized spacial score (nSPS) is 11.9. The third-order valence-electron chi connectivity index (χ3n) is 3.52. The number of hydrogen-bond donors (Lipinski definition) is 3. The molecule has 0 aliphatic rings. The highest BCUT2D eigenvalue weighted by Crippen LogP contribution is 2.23. The third kappa shape index (κ3) is 4.05. The van der Waals surface area contributed by atoms with Crippen LogP contribution in [0.3, 0.4) is 0 Å². The SMILES string of the molecule is CNC(=O)CNCC(=O)N[C@H](C)c1cccc2ccccc12. The van der Waals surface area contributed by atoms with E-state index in [-0.39, 0.29) is 30.9 Å². The first-order valence-electron chi connectivity index (χ1n) is 7.30. The van der Waals surface area contributed by atoms with Crippen molar-refractivity contribution in [2.75, 3.05) is 20.1 Å². The second-order valence-electron chi connectivity index (χ2n) is 5.13. The van der Waals surface area contributed by atoms with Gasteiger partial charge in [0.2, 0.25) is 11.8 Å². The molecule has 1 atom stereocenters. The summed E-state index contributed by atoms with van der Waals surface area (Å²) >= 11 is 0. The Bertz CT molecular complexity index is 665. The van der Waals surface area contributed by atoms with Crippen molar-refractivity contribution in [1.82, 2.24) is 16.0 Å². The van der Waals surface area contributed by atoms with E-state index in [1.54, 1.807) is 7.05 Å². The molecule has 2 rings (SSSR count). The molecule has 0 aromatic heterocycles. The van der Waals surface area contributed by atoms with Crippen molar-refractivity contribution >= 4 is 22.6 Å². The average molecular weight is 299 g/mol. The van der Waals surface area contributed by atoms with Gasteiger partial charge in [0.25, 0.3) is 0 Å². The highest BCUT2D eigenvalue weighted by molar-refractivity contribution is 5.87. The first-order chi connectivity index (χ1) is 10.6. The van der Waals surface area contributed by atoms with Crippen LogP contribution in [-0.2, 0) is 9.59 Å². The quantitative estimate of drug-likeness (QED) is 0.754. The molecule has 0 spiro atoms. The number of carbonyl (C=O) groups excluding carboxylic acids is 2. The first-order valence-corrected chi connectivity index (χ1v) is 7.30. The Kier molecular flexibility index (Phi) is 5.49. The predicted molar refractivity (Wildman–Crippen MR) is 87.4 cm³/mol. The van der Waals surface area contributed by atoms with Crippen molar-refractivity contribution in [1.29, 1.82) is 0 Å². The topological polar surface area (TPSA) is 70.2 Å². The number of nitrogens with one attached hydrogen (secondary N) is 3. The van der Waals surface area contributed by atoms with Gasteiger partial charge >= 0.3 is 0 Å². The van der Waals surface area contributed by atoms with Gasteiger partial charge in [0.1, 0.15) is 0 Å². The molecule has 2 aromatic carbocycles. The van der Waals surface area contributed by atoms with Crippen LogP contribution in [0, 0.1) is 0 Å². The lowest BCUT2D eigenvalue weighted by molar-refractivity contribution is -0.121. The number of rotatable bonds is 6. The van der Waals surface area contributed by atoms with Gasteiger partial charge in [-0.2, -0.15) is 0 Å². The van der Waals surface area contributed by atoms with Crippen LogP contribution in [0.1, 0.15) is 18.5 Å². The van der Waals surface area contributed by atoms with E-state index in [2.05, 4.69) is 34.1 Å². The molecule has 116 valence electrons. The molecule has 0 fully saturated rings. The summed E-state index contributed by atoms with van der Waals surface area (Å²) in [6, 6.07) is 14.1. The molecule has 0 radical (unpaired) electrons.